The molecule has 0 unspecified atom stereocenters. The SMILES string of the molecule is CCN(CC)c1ccc(CNCc2ccc(F)cc2)cc1.Cl. The van der Waals surface area contributed by atoms with Gasteiger partial charge in [-0.2, -0.15) is 0 Å². The highest BCUT2D eigenvalue weighted by atomic mass is 35.5. The molecule has 22 heavy (non-hydrogen) atoms. The summed E-state index contributed by atoms with van der Waals surface area (Å²) in [5.41, 5.74) is 3.62. The number of hydrogen-bond acceptors (Lipinski definition) is 2. The van der Waals surface area contributed by atoms with Gasteiger partial charge in [-0.1, -0.05) is 24.3 Å². The molecule has 0 amide bonds. The van der Waals surface area contributed by atoms with Crippen LogP contribution in [0.5, 0.6) is 0 Å². The molecule has 0 saturated heterocycles. The molecule has 4 heteroatoms. The van der Waals surface area contributed by atoms with E-state index in [-0.39, 0.29) is 18.2 Å². The fourth-order valence-corrected chi connectivity index (χ4v) is 2.37. The zero-order valence-corrected chi connectivity index (χ0v) is 14.0. The maximum atomic E-state index is 12.8. The van der Waals surface area contributed by atoms with Gasteiger partial charge in [0.1, 0.15) is 5.82 Å². The molecule has 0 saturated carbocycles. The highest BCUT2D eigenvalue weighted by Gasteiger charge is 2.01. The molecule has 0 atom stereocenters. The van der Waals surface area contributed by atoms with Crippen molar-refractivity contribution < 1.29 is 4.39 Å². The molecule has 2 nitrogen and oxygen atoms in total. The second-order valence-corrected chi connectivity index (χ2v) is 5.07. The van der Waals surface area contributed by atoms with Crippen molar-refractivity contribution in [1.29, 1.82) is 0 Å². The van der Waals surface area contributed by atoms with Crippen LogP contribution in [0.15, 0.2) is 48.5 Å². The van der Waals surface area contributed by atoms with E-state index in [1.807, 2.05) is 12.1 Å². The van der Waals surface area contributed by atoms with Gasteiger partial charge in [0, 0.05) is 31.9 Å². The van der Waals surface area contributed by atoms with Gasteiger partial charge in [-0.05, 0) is 49.2 Å². The van der Waals surface area contributed by atoms with Crippen molar-refractivity contribution >= 4 is 18.1 Å². The van der Waals surface area contributed by atoms with Gasteiger partial charge in [0.05, 0.1) is 0 Å². The number of halogens is 2. The minimum absolute atomic E-state index is 0. The number of benzene rings is 2. The first-order valence-corrected chi connectivity index (χ1v) is 7.52. The lowest BCUT2D eigenvalue weighted by molar-refractivity contribution is 0.625. The molecule has 0 spiro atoms. The molecule has 0 bridgehead atoms. The Balaban J connectivity index is 0.00000242. The Morgan fingerprint density at radius 3 is 1.73 bits per heavy atom. The van der Waals surface area contributed by atoms with Crippen LogP contribution in [0.25, 0.3) is 0 Å². The molecule has 0 aliphatic rings. The third-order valence-electron chi connectivity index (χ3n) is 3.64. The number of hydrogen-bond donors (Lipinski definition) is 1. The Bertz CT molecular complexity index is 536. The van der Waals surface area contributed by atoms with Crippen LogP contribution in [0.3, 0.4) is 0 Å². The summed E-state index contributed by atoms with van der Waals surface area (Å²) in [7, 11) is 0. The number of nitrogens with zero attached hydrogens (tertiary/aromatic N) is 1. The van der Waals surface area contributed by atoms with E-state index in [9.17, 15) is 4.39 Å². The molecule has 0 aromatic heterocycles. The van der Waals surface area contributed by atoms with Gasteiger partial charge in [0.2, 0.25) is 0 Å². The molecule has 2 aromatic rings. The van der Waals surface area contributed by atoms with E-state index < -0.39 is 0 Å². The molecular formula is C18H24ClFN2. The second-order valence-electron chi connectivity index (χ2n) is 5.07. The van der Waals surface area contributed by atoms with Crippen molar-refractivity contribution in [1.82, 2.24) is 5.32 Å². The summed E-state index contributed by atoms with van der Waals surface area (Å²) in [6.07, 6.45) is 0. The monoisotopic (exact) mass is 322 g/mol. The van der Waals surface area contributed by atoms with E-state index in [4.69, 9.17) is 0 Å². The number of nitrogens with one attached hydrogen (secondary N) is 1. The van der Waals surface area contributed by atoms with E-state index in [0.29, 0.717) is 0 Å². The molecule has 120 valence electrons. The van der Waals surface area contributed by atoms with Gasteiger partial charge in [-0.25, -0.2) is 4.39 Å². The van der Waals surface area contributed by atoms with Gasteiger partial charge in [-0.15, -0.1) is 12.4 Å². The third kappa shape index (κ3) is 5.32. The zero-order chi connectivity index (χ0) is 15.1. The van der Waals surface area contributed by atoms with E-state index in [0.717, 1.165) is 31.7 Å². The van der Waals surface area contributed by atoms with Gasteiger partial charge in [0.25, 0.3) is 0 Å². The van der Waals surface area contributed by atoms with Crippen LogP contribution in [0.4, 0.5) is 10.1 Å². The molecule has 2 rings (SSSR count). The summed E-state index contributed by atoms with van der Waals surface area (Å²) in [4.78, 5) is 2.33. The molecule has 1 N–H and O–H groups in total. The number of rotatable bonds is 7. The maximum Gasteiger partial charge on any atom is 0.123 e. The fraction of sp³-hybridized carbons (Fsp3) is 0.333. The standard InChI is InChI=1S/C18H23FN2.ClH/c1-3-21(4-2)18-11-7-16(8-12-18)14-20-13-15-5-9-17(19)10-6-15;/h5-12,20H,3-4,13-14H2,1-2H3;1H. The average Bonchev–Trinajstić information content (AvgIpc) is 2.52. The van der Waals surface area contributed by atoms with Crippen LogP contribution in [0.2, 0.25) is 0 Å². The maximum absolute atomic E-state index is 12.8. The fourth-order valence-electron chi connectivity index (χ4n) is 2.37. The van der Waals surface area contributed by atoms with Crippen molar-refractivity contribution in [3.8, 4) is 0 Å². The van der Waals surface area contributed by atoms with Gasteiger partial charge in [-0.3, -0.25) is 0 Å². The van der Waals surface area contributed by atoms with Crippen molar-refractivity contribution in [3.63, 3.8) is 0 Å². The van der Waals surface area contributed by atoms with Crippen molar-refractivity contribution in [2.75, 3.05) is 18.0 Å². The summed E-state index contributed by atoms with van der Waals surface area (Å²) in [6.45, 7) is 7.95. The van der Waals surface area contributed by atoms with Crippen LogP contribution in [0, 0.1) is 5.82 Å². The Morgan fingerprint density at radius 2 is 1.27 bits per heavy atom. The summed E-state index contributed by atoms with van der Waals surface area (Å²) in [5, 5.41) is 3.38. The minimum Gasteiger partial charge on any atom is -0.372 e. The van der Waals surface area contributed by atoms with Crippen LogP contribution in [-0.4, -0.2) is 13.1 Å². The van der Waals surface area contributed by atoms with Crippen LogP contribution >= 0.6 is 12.4 Å². The number of anilines is 1. The first kappa shape index (κ1) is 18.5. The molecule has 0 aliphatic carbocycles. The van der Waals surface area contributed by atoms with Crippen LogP contribution < -0.4 is 10.2 Å². The van der Waals surface area contributed by atoms with Gasteiger partial charge in [0.15, 0.2) is 0 Å². The Morgan fingerprint density at radius 1 is 0.818 bits per heavy atom. The molecule has 2 aromatic carbocycles. The minimum atomic E-state index is -0.189. The summed E-state index contributed by atoms with van der Waals surface area (Å²) in [5.74, 6) is -0.189. The second kappa shape index (κ2) is 9.44. The molecule has 0 radical (unpaired) electrons. The predicted molar refractivity (Wildman–Crippen MR) is 94.2 cm³/mol. The Hall–Kier alpha value is -1.58. The first-order chi connectivity index (χ1) is 10.2. The quantitative estimate of drug-likeness (QED) is 0.813. The summed E-state index contributed by atoms with van der Waals surface area (Å²) in [6, 6.07) is 15.3. The topological polar surface area (TPSA) is 15.3 Å². The highest BCUT2D eigenvalue weighted by Crippen LogP contribution is 2.14. The van der Waals surface area contributed by atoms with Crippen molar-refractivity contribution in [2.24, 2.45) is 0 Å². The Kier molecular flexibility index (Phi) is 7.92. The zero-order valence-electron chi connectivity index (χ0n) is 13.2. The lowest BCUT2D eigenvalue weighted by Gasteiger charge is -2.21. The van der Waals surface area contributed by atoms with Crippen LogP contribution in [-0.2, 0) is 13.1 Å². The molecular weight excluding hydrogens is 299 g/mol. The molecule has 0 fully saturated rings. The van der Waals surface area contributed by atoms with E-state index in [1.165, 1.54) is 23.4 Å². The molecule has 0 heterocycles. The van der Waals surface area contributed by atoms with Crippen molar-refractivity contribution in [3.05, 3.63) is 65.5 Å². The predicted octanol–water partition coefficient (Wildman–Crippen LogP) is 4.38. The van der Waals surface area contributed by atoms with E-state index >= 15 is 0 Å². The summed E-state index contributed by atoms with van der Waals surface area (Å²) >= 11 is 0. The normalized spacial score (nSPS) is 10.1. The summed E-state index contributed by atoms with van der Waals surface area (Å²) < 4.78 is 12.8. The highest BCUT2D eigenvalue weighted by molar-refractivity contribution is 5.85. The van der Waals surface area contributed by atoms with Crippen LogP contribution in [0.1, 0.15) is 25.0 Å². The van der Waals surface area contributed by atoms with E-state index in [2.05, 4.69) is 48.3 Å². The lowest BCUT2D eigenvalue weighted by Crippen LogP contribution is -2.21. The van der Waals surface area contributed by atoms with E-state index in [1.54, 1.807) is 0 Å². The Labute approximate surface area is 138 Å². The average molecular weight is 323 g/mol. The smallest absolute Gasteiger partial charge is 0.123 e. The van der Waals surface area contributed by atoms with Crippen molar-refractivity contribution in [2.45, 2.75) is 26.9 Å². The largest absolute Gasteiger partial charge is 0.372 e. The van der Waals surface area contributed by atoms with Gasteiger partial charge >= 0.3 is 0 Å². The van der Waals surface area contributed by atoms with Gasteiger partial charge < -0.3 is 10.2 Å². The first-order valence-electron chi connectivity index (χ1n) is 7.52. The lowest BCUT2D eigenvalue weighted by atomic mass is 10.1. The third-order valence-corrected chi connectivity index (χ3v) is 3.64. The molecule has 0 aliphatic heterocycles.